The molecule has 2 heterocycles. The van der Waals surface area contributed by atoms with Gasteiger partial charge in [0.15, 0.2) is 0 Å². The minimum absolute atomic E-state index is 0.397. The van der Waals surface area contributed by atoms with E-state index in [0.717, 1.165) is 42.9 Å². The highest BCUT2D eigenvalue weighted by Crippen LogP contribution is 2.20. The van der Waals surface area contributed by atoms with Gasteiger partial charge in [-0.3, -0.25) is 0 Å². The van der Waals surface area contributed by atoms with Crippen molar-refractivity contribution in [1.29, 1.82) is 0 Å². The summed E-state index contributed by atoms with van der Waals surface area (Å²) in [6.07, 6.45) is 5.25. The van der Waals surface area contributed by atoms with E-state index in [9.17, 15) is 0 Å². The van der Waals surface area contributed by atoms with Gasteiger partial charge in [0.2, 0.25) is 17.8 Å². The first-order chi connectivity index (χ1) is 14.8. The number of para-hydroxylation sites is 1. The smallest absolute Gasteiger partial charge is 0.250 e. The van der Waals surface area contributed by atoms with E-state index in [2.05, 4.69) is 35.7 Å². The molecule has 8 heteroatoms. The summed E-state index contributed by atoms with van der Waals surface area (Å²) in [4.78, 5) is 15.9. The fourth-order valence-corrected chi connectivity index (χ4v) is 3.21. The van der Waals surface area contributed by atoms with Gasteiger partial charge in [0, 0.05) is 18.8 Å². The van der Waals surface area contributed by atoms with Crippen molar-refractivity contribution in [1.82, 2.24) is 15.0 Å². The van der Waals surface area contributed by atoms with Gasteiger partial charge in [-0.2, -0.15) is 20.1 Å². The first kappa shape index (κ1) is 19.6. The molecule has 0 atom stereocenters. The SMILES string of the molecule is COc1ccc(/C=N\Nc2nc(Nc3ccccc3)nc(N3CCCCC3)n2)cc1. The predicted molar refractivity (Wildman–Crippen MR) is 120 cm³/mol. The summed E-state index contributed by atoms with van der Waals surface area (Å²) in [5.74, 6) is 2.35. The van der Waals surface area contributed by atoms with Crippen molar-refractivity contribution in [3.63, 3.8) is 0 Å². The lowest BCUT2D eigenvalue weighted by Crippen LogP contribution is -2.31. The molecule has 30 heavy (non-hydrogen) atoms. The van der Waals surface area contributed by atoms with E-state index in [0.29, 0.717) is 17.8 Å². The Balaban J connectivity index is 1.53. The Morgan fingerprint density at radius 2 is 1.63 bits per heavy atom. The quantitative estimate of drug-likeness (QED) is 0.454. The maximum atomic E-state index is 5.18. The molecule has 0 bridgehead atoms. The number of hydrogen-bond acceptors (Lipinski definition) is 8. The number of rotatable bonds is 7. The molecule has 1 aromatic heterocycles. The van der Waals surface area contributed by atoms with Gasteiger partial charge in [-0.15, -0.1) is 0 Å². The first-order valence-corrected chi connectivity index (χ1v) is 10.1. The molecule has 154 valence electrons. The van der Waals surface area contributed by atoms with Crippen LogP contribution in [0.25, 0.3) is 0 Å². The molecule has 1 aliphatic heterocycles. The molecule has 0 spiro atoms. The maximum absolute atomic E-state index is 5.18. The number of methoxy groups -OCH3 is 1. The van der Waals surface area contributed by atoms with Crippen LogP contribution in [0, 0.1) is 0 Å². The number of nitrogens with one attached hydrogen (secondary N) is 2. The largest absolute Gasteiger partial charge is 0.497 e. The summed E-state index contributed by atoms with van der Waals surface area (Å²) in [6, 6.07) is 17.5. The molecule has 0 aliphatic carbocycles. The molecule has 0 saturated carbocycles. The van der Waals surface area contributed by atoms with Gasteiger partial charge in [-0.1, -0.05) is 18.2 Å². The van der Waals surface area contributed by atoms with Gasteiger partial charge in [-0.25, -0.2) is 5.43 Å². The lowest BCUT2D eigenvalue weighted by molar-refractivity contribution is 0.415. The summed E-state index contributed by atoms with van der Waals surface area (Å²) < 4.78 is 5.18. The summed E-state index contributed by atoms with van der Waals surface area (Å²) in [5, 5.41) is 7.54. The van der Waals surface area contributed by atoms with Gasteiger partial charge in [0.05, 0.1) is 13.3 Å². The standard InChI is InChI=1S/C22H25N7O/c1-30-19-12-10-17(11-13-19)16-23-28-21-25-20(24-18-8-4-2-5-9-18)26-22(27-21)29-14-6-3-7-15-29/h2,4-5,8-13,16H,3,6-7,14-15H2,1H3,(H2,24,25,26,27,28)/b23-16-. The fourth-order valence-electron chi connectivity index (χ4n) is 3.21. The maximum Gasteiger partial charge on any atom is 0.250 e. The third-order valence-electron chi connectivity index (χ3n) is 4.79. The Bertz CT molecular complexity index is 971. The van der Waals surface area contributed by atoms with Crippen molar-refractivity contribution >= 4 is 29.7 Å². The molecule has 1 saturated heterocycles. The van der Waals surface area contributed by atoms with Gasteiger partial charge in [-0.05, 0) is 61.2 Å². The summed E-state index contributed by atoms with van der Waals surface area (Å²) >= 11 is 0. The number of benzene rings is 2. The molecule has 3 aromatic rings. The van der Waals surface area contributed by atoms with Crippen LogP contribution in [-0.2, 0) is 0 Å². The Kier molecular flexibility index (Phi) is 6.34. The van der Waals surface area contributed by atoms with Crippen LogP contribution in [0.3, 0.4) is 0 Å². The van der Waals surface area contributed by atoms with Crippen LogP contribution < -0.4 is 20.4 Å². The van der Waals surface area contributed by atoms with Crippen LogP contribution in [0.2, 0.25) is 0 Å². The molecule has 8 nitrogen and oxygen atoms in total. The average Bonchev–Trinajstić information content (AvgIpc) is 2.81. The molecule has 1 aliphatic rings. The number of nitrogens with zero attached hydrogens (tertiary/aromatic N) is 5. The van der Waals surface area contributed by atoms with E-state index < -0.39 is 0 Å². The second kappa shape index (κ2) is 9.69. The van der Waals surface area contributed by atoms with Gasteiger partial charge < -0.3 is 15.0 Å². The minimum atomic E-state index is 0.397. The van der Waals surface area contributed by atoms with Crippen molar-refractivity contribution in [2.24, 2.45) is 5.10 Å². The minimum Gasteiger partial charge on any atom is -0.497 e. The van der Waals surface area contributed by atoms with Gasteiger partial charge in [0.25, 0.3) is 0 Å². The number of hydrazone groups is 1. The van der Waals surface area contributed by atoms with Crippen LogP contribution in [-0.4, -0.2) is 41.4 Å². The lowest BCUT2D eigenvalue weighted by atomic mass is 10.1. The van der Waals surface area contributed by atoms with E-state index in [-0.39, 0.29) is 0 Å². The Hall–Kier alpha value is -3.68. The van der Waals surface area contributed by atoms with Crippen molar-refractivity contribution in [2.75, 3.05) is 35.8 Å². The van der Waals surface area contributed by atoms with E-state index >= 15 is 0 Å². The Labute approximate surface area is 176 Å². The average molecular weight is 403 g/mol. The highest BCUT2D eigenvalue weighted by atomic mass is 16.5. The van der Waals surface area contributed by atoms with E-state index in [1.165, 1.54) is 6.42 Å². The molecule has 1 fully saturated rings. The zero-order valence-corrected chi connectivity index (χ0v) is 17.0. The third kappa shape index (κ3) is 5.22. The van der Waals surface area contributed by atoms with E-state index in [4.69, 9.17) is 4.74 Å². The lowest BCUT2D eigenvalue weighted by Gasteiger charge is -2.26. The Morgan fingerprint density at radius 1 is 0.900 bits per heavy atom. The van der Waals surface area contributed by atoms with Crippen LogP contribution >= 0.6 is 0 Å². The van der Waals surface area contributed by atoms with Crippen molar-refractivity contribution in [3.8, 4) is 5.75 Å². The molecule has 0 amide bonds. The number of anilines is 4. The normalized spacial score (nSPS) is 14.0. The number of piperidine rings is 1. The molecule has 0 radical (unpaired) electrons. The van der Waals surface area contributed by atoms with Crippen LogP contribution in [0.5, 0.6) is 5.75 Å². The topological polar surface area (TPSA) is 87.6 Å². The van der Waals surface area contributed by atoms with Crippen LogP contribution in [0.15, 0.2) is 59.7 Å². The summed E-state index contributed by atoms with van der Waals surface area (Å²) in [7, 11) is 1.65. The summed E-state index contributed by atoms with van der Waals surface area (Å²) in [5.41, 5.74) is 4.80. The monoisotopic (exact) mass is 403 g/mol. The second-order valence-corrected chi connectivity index (χ2v) is 6.96. The predicted octanol–water partition coefficient (Wildman–Crippen LogP) is 4.06. The zero-order chi connectivity index (χ0) is 20.6. The van der Waals surface area contributed by atoms with E-state index in [1.54, 1.807) is 13.3 Å². The van der Waals surface area contributed by atoms with Gasteiger partial charge in [0.1, 0.15) is 5.75 Å². The number of aromatic nitrogens is 3. The van der Waals surface area contributed by atoms with Crippen molar-refractivity contribution in [3.05, 3.63) is 60.2 Å². The van der Waals surface area contributed by atoms with Crippen LogP contribution in [0.4, 0.5) is 23.5 Å². The van der Waals surface area contributed by atoms with Gasteiger partial charge >= 0.3 is 0 Å². The summed E-state index contributed by atoms with van der Waals surface area (Å²) in [6.45, 7) is 1.90. The zero-order valence-electron chi connectivity index (χ0n) is 17.0. The molecular weight excluding hydrogens is 378 g/mol. The molecule has 4 rings (SSSR count). The number of ether oxygens (including phenoxy) is 1. The first-order valence-electron chi connectivity index (χ1n) is 10.1. The van der Waals surface area contributed by atoms with E-state index in [1.807, 2.05) is 54.6 Å². The second-order valence-electron chi connectivity index (χ2n) is 6.96. The van der Waals surface area contributed by atoms with Crippen molar-refractivity contribution < 1.29 is 4.74 Å². The molecule has 2 N–H and O–H groups in total. The molecular formula is C22H25N7O. The highest BCUT2D eigenvalue weighted by Gasteiger charge is 2.16. The van der Waals surface area contributed by atoms with Crippen molar-refractivity contribution in [2.45, 2.75) is 19.3 Å². The fraction of sp³-hybridized carbons (Fsp3) is 0.273. The Morgan fingerprint density at radius 3 is 2.37 bits per heavy atom. The van der Waals surface area contributed by atoms with Crippen LogP contribution in [0.1, 0.15) is 24.8 Å². The number of hydrogen-bond donors (Lipinski definition) is 2. The highest BCUT2D eigenvalue weighted by molar-refractivity contribution is 5.80. The third-order valence-corrected chi connectivity index (χ3v) is 4.79. The molecule has 0 unspecified atom stereocenters. The molecule has 2 aromatic carbocycles.